The second-order valence-corrected chi connectivity index (χ2v) is 16.3. The van der Waals surface area contributed by atoms with E-state index in [1.165, 1.54) is 22.7 Å². The van der Waals surface area contributed by atoms with E-state index in [-0.39, 0.29) is 26.9 Å². The molecule has 0 unspecified atom stereocenters. The van der Waals surface area contributed by atoms with E-state index in [4.69, 9.17) is 39.3 Å². The first-order valence-electron chi connectivity index (χ1n) is 18.7. The van der Waals surface area contributed by atoms with Gasteiger partial charge in [0.1, 0.15) is 0 Å². The highest BCUT2D eigenvalue weighted by atomic mass is 32.1. The quantitative estimate of drug-likeness (QED) is 0.116. The fraction of sp³-hybridized carbons (Fsp3) is 0.302. The predicted molar refractivity (Wildman–Crippen MR) is 226 cm³/mol. The fourth-order valence-corrected chi connectivity index (χ4v) is 8.38. The van der Waals surface area contributed by atoms with Gasteiger partial charge in [-0.3, -0.25) is 9.59 Å². The molecule has 0 atom stereocenters. The topological polar surface area (TPSA) is 199 Å². The molecule has 0 spiro atoms. The molecule has 4 aliphatic rings. The van der Waals surface area contributed by atoms with Crippen LogP contribution in [0.4, 0.5) is 10.3 Å². The lowest BCUT2D eigenvalue weighted by Crippen LogP contribution is -2.27. The van der Waals surface area contributed by atoms with E-state index in [1.807, 2.05) is 48.5 Å². The fourth-order valence-electron chi connectivity index (χ4n) is 6.84. The Labute approximate surface area is 354 Å². The Morgan fingerprint density at radius 2 is 1.22 bits per heavy atom. The number of amides is 1. The van der Waals surface area contributed by atoms with Crippen molar-refractivity contribution < 1.29 is 43.1 Å². The highest BCUT2D eigenvalue weighted by molar-refractivity contribution is 7.15. The number of nitrogen functional groups attached to an aromatic ring is 1. The van der Waals surface area contributed by atoms with E-state index in [1.54, 1.807) is 51.1 Å². The zero-order chi connectivity index (χ0) is 41.0. The Balaban J connectivity index is 0.000000148. The molecule has 0 bridgehead atoms. The number of carbonyl (C=O) groups is 2. The average Bonchev–Trinajstić information content (AvgIpc) is 3.98. The maximum atomic E-state index is 13.0. The molecule has 6 heterocycles. The summed E-state index contributed by atoms with van der Waals surface area (Å²) in [4.78, 5) is 43.0. The number of pyridine rings is 2. The van der Waals surface area contributed by atoms with Gasteiger partial charge in [0.25, 0.3) is 0 Å². The number of carboxylic acids is 1. The Bertz CT molecular complexity index is 2480. The third-order valence-electron chi connectivity index (χ3n) is 10.4. The molecule has 60 heavy (non-hydrogen) atoms. The van der Waals surface area contributed by atoms with Crippen molar-refractivity contribution in [3.05, 3.63) is 117 Å². The highest BCUT2D eigenvalue weighted by Crippen LogP contribution is 2.52. The predicted octanol–water partition coefficient (Wildman–Crippen LogP) is 7.42. The van der Waals surface area contributed by atoms with Gasteiger partial charge in [-0.25, -0.2) is 19.9 Å². The van der Waals surface area contributed by atoms with Crippen molar-refractivity contribution in [2.75, 3.05) is 38.9 Å². The number of hydrogen-bond donors (Lipinski definition) is 3. The summed E-state index contributed by atoms with van der Waals surface area (Å²) in [6.45, 7) is 0.445. The first-order valence-corrected chi connectivity index (χ1v) is 20.3. The van der Waals surface area contributed by atoms with E-state index in [2.05, 4.69) is 25.3 Å². The van der Waals surface area contributed by atoms with Crippen molar-refractivity contribution in [2.45, 2.75) is 56.8 Å². The van der Waals surface area contributed by atoms with E-state index < -0.39 is 16.8 Å². The number of nitrogens with one attached hydrogen (secondary N) is 1. The number of rotatable bonds is 11. The van der Waals surface area contributed by atoms with Crippen LogP contribution in [0.1, 0.15) is 65.1 Å². The first kappa shape index (κ1) is 41.7. The average molecular weight is 853 g/mol. The number of benzene rings is 2. The van der Waals surface area contributed by atoms with Gasteiger partial charge in [0.05, 0.1) is 25.0 Å². The number of carbonyl (C=O) groups excluding carboxylic acids is 1. The van der Waals surface area contributed by atoms with Crippen LogP contribution in [0.2, 0.25) is 0 Å². The molecular formula is C43H44N6O9S2. The number of aliphatic carboxylic acids is 1. The number of anilines is 2. The van der Waals surface area contributed by atoms with Crippen molar-refractivity contribution in [1.82, 2.24) is 19.9 Å². The van der Waals surface area contributed by atoms with Crippen molar-refractivity contribution in [2.24, 2.45) is 0 Å². The largest absolute Gasteiger partial charge is 0.481 e. The maximum absolute atomic E-state index is 13.0. The summed E-state index contributed by atoms with van der Waals surface area (Å²) >= 11 is 2.95. The molecule has 2 saturated carbocycles. The lowest BCUT2D eigenvalue weighted by molar-refractivity contribution is -0.140. The van der Waals surface area contributed by atoms with Crippen molar-refractivity contribution in [3.63, 3.8) is 0 Å². The van der Waals surface area contributed by atoms with Gasteiger partial charge in [0.2, 0.25) is 31.3 Å². The molecule has 2 aromatic carbocycles. The van der Waals surface area contributed by atoms with Gasteiger partial charge in [-0.2, -0.15) is 0 Å². The summed E-state index contributed by atoms with van der Waals surface area (Å²) in [5, 5.41) is 13.3. The molecule has 0 saturated heterocycles. The molecule has 6 aromatic rings. The molecule has 17 heteroatoms. The zero-order valence-corrected chi connectivity index (χ0v) is 33.8. The van der Waals surface area contributed by atoms with Crippen molar-refractivity contribution >= 4 is 44.8 Å². The summed E-state index contributed by atoms with van der Waals surface area (Å²) < 4.78 is 31.7. The second kappa shape index (κ2) is 17.8. The van der Waals surface area contributed by atoms with Crippen molar-refractivity contribution in [3.8, 4) is 34.8 Å². The third-order valence-corrected chi connectivity index (χ3v) is 12.1. The van der Waals surface area contributed by atoms with E-state index in [0.717, 1.165) is 57.0 Å². The SMILES string of the molecule is C.COc1ncccc1Cc1cnc(N)s1.COc1ncccc1Cc1cnc(NC(=O)C2(c3ccc4c(c3)OCO4)CC2)s1.O=C(O)C1(c2ccc3c(c2)OCO3)CC1. The monoisotopic (exact) mass is 852 g/mol. The van der Waals surface area contributed by atoms with Crippen molar-refractivity contribution in [1.29, 1.82) is 0 Å². The van der Waals surface area contributed by atoms with Crippen LogP contribution in [0.25, 0.3) is 0 Å². The normalized spacial score (nSPS) is 15.2. The number of nitrogens with zero attached hydrogens (tertiary/aromatic N) is 4. The van der Waals surface area contributed by atoms with Gasteiger partial charge in [-0.05, 0) is 73.2 Å². The lowest BCUT2D eigenvalue weighted by Gasteiger charge is -2.15. The summed E-state index contributed by atoms with van der Waals surface area (Å²) in [7, 11) is 3.22. The molecule has 4 aromatic heterocycles. The van der Waals surface area contributed by atoms with E-state index >= 15 is 0 Å². The standard InChI is InChI=1S/C21H19N3O4S.C11H10O4.C10H11N3OS.CH4/c1-26-18-13(3-2-8-22-18)9-15-11-23-20(29-15)24-19(25)21(6-7-21)14-4-5-16-17(10-14)28-12-27-16;12-10(13)11(3-4-11)7-1-2-8-9(5-7)15-6-14-8;1-14-9-7(3-2-4-12-9)5-8-6-13-10(11)15-8;/h2-5,8,10-11H,6-7,9,12H2,1H3,(H,23,24,25);1-2,5H,3-4,6H2,(H,12,13);2-4,6H,5H2,1H3,(H2,11,13);1H4. The first-order chi connectivity index (χ1) is 28.7. The smallest absolute Gasteiger partial charge is 0.314 e. The van der Waals surface area contributed by atoms with Gasteiger partial charge in [-0.1, -0.05) is 31.7 Å². The molecule has 2 aliphatic carbocycles. The van der Waals surface area contributed by atoms with Crippen LogP contribution in [-0.4, -0.2) is 64.7 Å². The number of methoxy groups -OCH3 is 2. The lowest BCUT2D eigenvalue weighted by atomic mass is 9.94. The number of aromatic nitrogens is 4. The molecule has 0 radical (unpaired) electrons. The van der Waals surface area contributed by atoms with E-state index in [9.17, 15) is 9.59 Å². The van der Waals surface area contributed by atoms with Crippen LogP contribution in [0, 0.1) is 0 Å². The molecule has 15 nitrogen and oxygen atoms in total. The van der Waals surface area contributed by atoms with Crippen LogP contribution >= 0.6 is 22.7 Å². The highest BCUT2D eigenvalue weighted by Gasteiger charge is 2.53. The second-order valence-electron chi connectivity index (χ2n) is 14.1. The minimum Gasteiger partial charge on any atom is -0.481 e. The number of thiazole rings is 2. The molecule has 312 valence electrons. The van der Waals surface area contributed by atoms with Gasteiger partial charge in [0.15, 0.2) is 33.3 Å². The van der Waals surface area contributed by atoms with Crippen LogP contribution in [0.5, 0.6) is 34.8 Å². The molecule has 2 fully saturated rings. The minimum absolute atomic E-state index is 0. The Morgan fingerprint density at radius 1 is 0.717 bits per heavy atom. The summed E-state index contributed by atoms with van der Waals surface area (Å²) in [5.41, 5.74) is 8.18. The van der Waals surface area contributed by atoms with Gasteiger partial charge >= 0.3 is 5.97 Å². The number of hydrogen-bond acceptors (Lipinski definition) is 15. The number of nitrogens with two attached hydrogens (primary N) is 1. The number of fused-ring (bicyclic) bond motifs is 2. The number of carboxylic acid groups (broad SMARTS) is 1. The van der Waals surface area contributed by atoms with Crippen LogP contribution in [0.15, 0.2) is 85.5 Å². The zero-order valence-electron chi connectivity index (χ0n) is 32.1. The Hall–Kier alpha value is -6.46. The molecule has 1 amide bonds. The summed E-state index contributed by atoms with van der Waals surface area (Å²) in [5.74, 6) is 3.25. The summed E-state index contributed by atoms with van der Waals surface area (Å²) in [6, 6.07) is 18.8. The van der Waals surface area contributed by atoms with Gasteiger partial charge < -0.3 is 44.6 Å². The maximum Gasteiger partial charge on any atom is 0.314 e. The number of ether oxygens (including phenoxy) is 6. The minimum atomic E-state index is -0.749. The third kappa shape index (κ3) is 8.91. The molecular weight excluding hydrogens is 809 g/mol. The van der Waals surface area contributed by atoms with Crippen LogP contribution in [-0.2, 0) is 33.3 Å². The van der Waals surface area contributed by atoms with E-state index in [0.29, 0.717) is 58.5 Å². The molecule has 2 aliphatic heterocycles. The van der Waals surface area contributed by atoms with Gasteiger partial charge in [-0.15, -0.1) is 22.7 Å². The van der Waals surface area contributed by atoms with Crippen LogP contribution in [0.3, 0.4) is 0 Å². The molecule has 10 rings (SSSR count). The van der Waals surface area contributed by atoms with Crippen LogP contribution < -0.4 is 39.5 Å². The van der Waals surface area contributed by atoms with Gasteiger partial charge in [0, 0.05) is 58.5 Å². The Morgan fingerprint density at radius 3 is 1.70 bits per heavy atom. The Kier molecular flexibility index (Phi) is 12.4. The summed E-state index contributed by atoms with van der Waals surface area (Å²) in [6.07, 6.45) is 11.4. The molecule has 4 N–H and O–H groups in total.